The molecule has 0 aromatic heterocycles. The summed E-state index contributed by atoms with van der Waals surface area (Å²) in [6.07, 6.45) is 0.860. The van der Waals surface area contributed by atoms with Crippen molar-refractivity contribution in [2.45, 2.75) is 26.3 Å². The molecule has 22 heavy (non-hydrogen) atoms. The summed E-state index contributed by atoms with van der Waals surface area (Å²) in [5.74, 6) is -0.468. The summed E-state index contributed by atoms with van der Waals surface area (Å²) in [5, 5.41) is 2.70. The molecule has 6 nitrogen and oxygen atoms in total. The standard InChI is InChI=1S/C16H22N2O4/c1-12(19)17-11-13-6-8-14(9-7-13)16(21)18(2)10-4-5-15(20)22-3/h6-9H,4-5,10-11H2,1-3H3,(H,17,19). The Hall–Kier alpha value is -2.37. The maximum absolute atomic E-state index is 12.2. The van der Waals surface area contributed by atoms with Gasteiger partial charge < -0.3 is 15.0 Å². The van der Waals surface area contributed by atoms with Crippen molar-refractivity contribution in [2.75, 3.05) is 20.7 Å². The number of nitrogens with zero attached hydrogens (tertiary/aromatic N) is 1. The number of amides is 2. The van der Waals surface area contributed by atoms with Crippen LogP contribution in [0.25, 0.3) is 0 Å². The maximum atomic E-state index is 12.2. The van der Waals surface area contributed by atoms with Crippen LogP contribution in [0.5, 0.6) is 0 Å². The molecule has 1 aromatic carbocycles. The van der Waals surface area contributed by atoms with Gasteiger partial charge in [-0.3, -0.25) is 14.4 Å². The molecule has 0 aliphatic carbocycles. The molecule has 0 spiro atoms. The SMILES string of the molecule is COC(=O)CCCN(C)C(=O)c1ccc(CNC(C)=O)cc1. The maximum Gasteiger partial charge on any atom is 0.305 e. The highest BCUT2D eigenvalue weighted by Gasteiger charge is 2.12. The Morgan fingerprint density at radius 3 is 2.36 bits per heavy atom. The lowest BCUT2D eigenvalue weighted by Gasteiger charge is -2.17. The van der Waals surface area contributed by atoms with Crippen molar-refractivity contribution < 1.29 is 19.1 Å². The van der Waals surface area contributed by atoms with Gasteiger partial charge in [0.2, 0.25) is 5.91 Å². The van der Waals surface area contributed by atoms with E-state index in [1.165, 1.54) is 14.0 Å². The highest BCUT2D eigenvalue weighted by atomic mass is 16.5. The first-order valence-corrected chi connectivity index (χ1v) is 7.09. The highest BCUT2D eigenvalue weighted by molar-refractivity contribution is 5.94. The third-order valence-corrected chi connectivity index (χ3v) is 3.19. The molecule has 1 rings (SSSR count). The lowest BCUT2D eigenvalue weighted by Crippen LogP contribution is -2.28. The molecular formula is C16H22N2O4. The summed E-state index contributed by atoms with van der Waals surface area (Å²) in [6, 6.07) is 7.09. The molecular weight excluding hydrogens is 284 g/mol. The van der Waals surface area contributed by atoms with Gasteiger partial charge in [0.1, 0.15) is 0 Å². The third kappa shape index (κ3) is 5.95. The lowest BCUT2D eigenvalue weighted by atomic mass is 10.1. The summed E-state index contributed by atoms with van der Waals surface area (Å²) < 4.78 is 4.56. The van der Waals surface area contributed by atoms with Crippen molar-refractivity contribution in [3.05, 3.63) is 35.4 Å². The number of methoxy groups -OCH3 is 1. The van der Waals surface area contributed by atoms with Crippen LogP contribution in [0, 0.1) is 0 Å². The normalized spacial score (nSPS) is 9.95. The molecule has 1 N–H and O–H groups in total. The second kappa shape index (κ2) is 8.81. The van der Waals surface area contributed by atoms with E-state index in [0.29, 0.717) is 31.5 Å². The minimum Gasteiger partial charge on any atom is -0.469 e. The van der Waals surface area contributed by atoms with Crippen LogP contribution in [0.3, 0.4) is 0 Å². The summed E-state index contributed by atoms with van der Waals surface area (Å²) >= 11 is 0. The van der Waals surface area contributed by atoms with E-state index in [9.17, 15) is 14.4 Å². The lowest BCUT2D eigenvalue weighted by molar-refractivity contribution is -0.140. The van der Waals surface area contributed by atoms with Crippen LogP contribution in [0.1, 0.15) is 35.7 Å². The number of hydrogen-bond donors (Lipinski definition) is 1. The average molecular weight is 306 g/mol. The van der Waals surface area contributed by atoms with Gasteiger partial charge in [-0.2, -0.15) is 0 Å². The largest absolute Gasteiger partial charge is 0.469 e. The van der Waals surface area contributed by atoms with Gasteiger partial charge in [-0.25, -0.2) is 0 Å². The zero-order valence-corrected chi connectivity index (χ0v) is 13.2. The predicted octanol–water partition coefficient (Wildman–Crippen LogP) is 1.35. The van der Waals surface area contributed by atoms with Gasteiger partial charge in [0.25, 0.3) is 5.91 Å². The van der Waals surface area contributed by atoms with Crippen LogP contribution < -0.4 is 5.32 Å². The number of hydrogen-bond acceptors (Lipinski definition) is 4. The van der Waals surface area contributed by atoms with Gasteiger partial charge in [-0.15, -0.1) is 0 Å². The van der Waals surface area contributed by atoms with Crippen molar-refractivity contribution in [1.29, 1.82) is 0 Å². The van der Waals surface area contributed by atoms with E-state index >= 15 is 0 Å². The first-order valence-electron chi connectivity index (χ1n) is 7.09. The Morgan fingerprint density at radius 1 is 1.18 bits per heavy atom. The fraction of sp³-hybridized carbons (Fsp3) is 0.438. The minimum atomic E-state index is -0.275. The second-order valence-electron chi connectivity index (χ2n) is 5.01. The van der Waals surface area contributed by atoms with Crippen molar-refractivity contribution >= 4 is 17.8 Å². The fourth-order valence-electron chi connectivity index (χ4n) is 1.88. The molecule has 120 valence electrons. The van der Waals surface area contributed by atoms with Crippen LogP contribution in [0.15, 0.2) is 24.3 Å². The van der Waals surface area contributed by atoms with Crippen molar-refractivity contribution in [2.24, 2.45) is 0 Å². The second-order valence-corrected chi connectivity index (χ2v) is 5.01. The molecule has 0 fully saturated rings. The predicted molar refractivity (Wildman–Crippen MR) is 82.2 cm³/mol. The number of carbonyl (C=O) groups is 3. The molecule has 0 heterocycles. The van der Waals surface area contributed by atoms with Gasteiger partial charge in [-0.1, -0.05) is 12.1 Å². The Bertz CT molecular complexity index is 525. The van der Waals surface area contributed by atoms with Crippen LogP contribution in [-0.2, 0) is 20.9 Å². The molecule has 0 aliphatic rings. The number of rotatable bonds is 7. The number of carbonyl (C=O) groups excluding carboxylic acids is 3. The molecule has 0 unspecified atom stereocenters. The number of benzene rings is 1. The highest BCUT2D eigenvalue weighted by Crippen LogP contribution is 2.08. The van der Waals surface area contributed by atoms with Crippen LogP contribution in [0.2, 0.25) is 0 Å². The molecule has 0 bridgehead atoms. The summed E-state index contributed by atoms with van der Waals surface area (Å²) in [6.45, 7) is 2.39. The van der Waals surface area contributed by atoms with E-state index in [1.54, 1.807) is 24.1 Å². The Balaban J connectivity index is 2.50. The van der Waals surface area contributed by atoms with Gasteiger partial charge in [0.15, 0.2) is 0 Å². The summed E-state index contributed by atoms with van der Waals surface area (Å²) in [5.41, 5.74) is 1.51. The number of nitrogens with one attached hydrogen (secondary N) is 1. The Morgan fingerprint density at radius 2 is 1.82 bits per heavy atom. The van der Waals surface area contributed by atoms with E-state index < -0.39 is 0 Å². The minimum absolute atomic E-state index is 0.0921. The zero-order valence-electron chi connectivity index (χ0n) is 13.2. The molecule has 0 saturated carbocycles. The van der Waals surface area contributed by atoms with Crippen molar-refractivity contribution in [3.63, 3.8) is 0 Å². The van der Waals surface area contributed by atoms with E-state index in [-0.39, 0.29) is 17.8 Å². The quantitative estimate of drug-likeness (QED) is 0.772. The molecule has 0 saturated heterocycles. The molecule has 6 heteroatoms. The third-order valence-electron chi connectivity index (χ3n) is 3.19. The van der Waals surface area contributed by atoms with Crippen molar-refractivity contribution in [1.82, 2.24) is 10.2 Å². The average Bonchev–Trinajstić information content (AvgIpc) is 2.52. The number of ether oxygens (including phenoxy) is 1. The van der Waals surface area contributed by atoms with E-state index in [0.717, 1.165) is 5.56 Å². The van der Waals surface area contributed by atoms with E-state index in [1.807, 2.05) is 12.1 Å². The molecule has 0 aliphatic heterocycles. The molecule has 2 amide bonds. The molecule has 1 aromatic rings. The van der Waals surface area contributed by atoms with Gasteiger partial charge >= 0.3 is 5.97 Å². The van der Waals surface area contributed by atoms with Crippen LogP contribution in [-0.4, -0.2) is 43.4 Å². The van der Waals surface area contributed by atoms with Crippen LogP contribution in [0.4, 0.5) is 0 Å². The number of esters is 1. The summed E-state index contributed by atoms with van der Waals surface area (Å²) in [4.78, 5) is 35.7. The van der Waals surface area contributed by atoms with E-state index in [2.05, 4.69) is 10.1 Å². The topological polar surface area (TPSA) is 75.7 Å². The Labute approximate surface area is 130 Å². The fourth-order valence-corrected chi connectivity index (χ4v) is 1.88. The Kier molecular flexibility index (Phi) is 7.08. The first kappa shape index (κ1) is 17.7. The van der Waals surface area contributed by atoms with Gasteiger partial charge in [0.05, 0.1) is 7.11 Å². The van der Waals surface area contributed by atoms with Gasteiger partial charge in [0, 0.05) is 39.0 Å². The summed E-state index contributed by atoms with van der Waals surface area (Å²) in [7, 11) is 3.05. The monoisotopic (exact) mass is 306 g/mol. The van der Waals surface area contributed by atoms with Crippen molar-refractivity contribution in [3.8, 4) is 0 Å². The smallest absolute Gasteiger partial charge is 0.305 e. The molecule has 0 atom stereocenters. The molecule has 0 radical (unpaired) electrons. The zero-order chi connectivity index (χ0) is 16.5. The van der Waals surface area contributed by atoms with Gasteiger partial charge in [-0.05, 0) is 24.1 Å². The van der Waals surface area contributed by atoms with Crippen LogP contribution >= 0.6 is 0 Å². The first-order chi connectivity index (χ1) is 10.4. The van der Waals surface area contributed by atoms with E-state index in [4.69, 9.17) is 0 Å².